The van der Waals surface area contributed by atoms with Gasteiger partial charge in [-0.2, -0.15) is 0 Å². The van der Waals surface area contributed by atoms with Crippen LogP contribution >= 0.6 is 0 Å². The molecular formula is C17H26N2O2. The SMILES string of the molecule is CCOC(=O)C(c1ccccc1)N1CCC(N(C)C)CC1. The van der Waals surface area contributed by atoms with Crippen LogP contribution in [0, 0.1) is 0 Å². The Morgan fingerprint density at radius 1 is 1.29 bits per heavy atom. The Kier molecular flexibility index (Phi) is 5.76. The summed E-state index contributed by atoms with van der Waals surface area (Å²) < 4.78 is 5.29. The highest BCUT2D eigenvalue weighted by molar-refractivity contribution is 5.77. The summed E-state index contributed by atoms with van der Waals surface area (Å²) in [7, 11) is 4.25. The molecule has 1 aromatic rings. The lowest BCUT2D eigenvalue weighted by molar-refractivity contribution is -0.150. The average molecular weight is 290 g/mol. The van der Waals surface area contributed by atoms with Crippen LogP contribution in [-0.4, -0.2) is 55.6 Å². The van der Waals surface area contributed by atoms with Gasteiger partial charge >= 0.3 is 5.97 Å². The van der Waals surface area contributed by atoms with Crippen LogP contribution < -0.4 is 0 Å². The molecule has 4 heteroatoms. The average Bonchev–Trinajstić information content (AvgIpc) is 2.49. The third-order valence-corrected chi connectivity index (χ3v) is 4.22. The zero-order valence-electron chi connectivity index (χ0n) is 13.3. The van der Waals surface area contributed by atoms with Crippen molar-refractivity contribution in [2.24, 2.45) is 0 Å². The van der Waals surface area contributed by atoms with Crippen molar-refractivity contribution in [2.75, 3.05) is 33.8 Å². The van der Waals surface area contributed by atoms with Crippen LogP contribution in [0.4, 0.5) is 0 Å². The molecule has 1 aromatic carbocycles. The summed E-state index contributed by atoms with van der Waals surface area (Å²) in [6.45, 7) is 4.15. The Bertz CT molecular complexity index is 439. The van der Waals surface area contributed by atoms with Crippen molar-refractivity contribution in [1.29, 1.82) is 0 Å². The lowest BCUT2D eigenvalue weighted by Crippen LogP contribution is -2.45. The van der Waals surface area contributed by atoms with Crippen molar-refractivity contribution in [3.63, 3.8) is 0 Å². The fraction of sp³-hybridized carbons (Fsp3) is 0.588. The van der Waals surface area contributed by atoms with Gasteiger partial charge in [-0.3, -0.25) is 4.90 Å². The maximum absolute atomic E-state index is 12.4. The van der Waals surface area contributed by atoms with Crippen molar-refractivity contribution in [2.45, 2.75) is 31.8 Å². The van der Waals surface area contributed by atoms with E-state index in [1.54, 1.807) is 0 Å². The molecule has 0 saturated carbocycles. The number of carbonyl (C=O) groups excluding carboxylic acids is 1. The third-order valence-electron chi connectivity index (χ3n) is 4.22. The second-order valence-electron chi connectivity index (χ2n) is 5.80. The molecular weight excluding hydrogens is 264 g/mol. The quantitative estimate of drug-likeness (QED) is 0.779. The van der Waals surface area contributed by atoms with Crippen molar-refractivity contribution >= 4 is 5.97 Å². The maximum Gasteiger partial charge on any atom is 0.327 e. The minimum atomic E-state index is -0.269. The molecule has 1 aliphatic rings. The first kappa shape index (κ1) is 16.0. The molecule has 0 aliphatic carbocycles. The van der Waals surface area contributed by atoms with E-state index in [0.717, 1.165) is 31.5 Å². The van der Waals surface area contributed by atoms with Crippen LogP contribution in [-0.2, 0) is 9.53 Å². The number of rotatable bonds is 5. The first-order chi connectivity index (χ1) is 10.1. The van der Waals surface area contributed by atoms with Gasteiger partial charge in [0.15, 0.2) is 0 Å². The summed E-state index contributed by atoms with van der Waals surface area (Å²) >= 11 is 0. The van der Waals surface area contributed by atoms with E-state index >= 15 is 0 Å². The molecule has 0 amide bonds. The molecule has 1 unspecified atom stereocenters. The van der Waals surface area contributed by atoms with Gasteiger partial charge in [-0.05, 0) is 39.4 Å². The molecule has 1 atom stereocenters. The number of esters is 1. The van der Waals surface area contributed by atoms with Crippen molar-refractivity contribution in [1.82, 2.24) is 9.80 Å². The third kappa shape index (κ3) is 4.05. The highest BCUT2D eigenvalue weighted by atomic mass is 16.5. The number of hydrogen-bond donors (Lipinski definition) is 0. The summed E-state index contributed by atoms with van der Waals surface area (Å²) in [5.74, 6) is -0.132. The zero-order valence-corrected chi connectivity index (χ0v) is 13.3. The van der Waals surface area contributed by atoms with Crippen LogP contribution in [0.3, 0.4) is 0 Å². The predicted molar refractivity (Wildman–Crippen MR) is 84.1 cm³/mol. The highest BCUT2D eigenvalue weighted by Gasteiger charge is 2.32. The Morgan fingerprint density at radius 3 is 2.43 bits per heavy atom. The molecule has 21 heavy (non-hydrogen) atoms. The minimum absolute atomic E-state index is 0.132. The van der Waals surface area contributed by atoms with E-state index in [2.05, 4.69) is 23.9 Å². The second-order valence-corrected chi connectivity index (χ2v) is 5.80. The van der Waals surface area contributed by atoms with Gasteiger partial charge in [-0.15, -0.1) is 0 Å². The van der Waals surface area contributed by atoms with E-state index in [4.69, 9.17) is 4.74 Å². The monoisotopic (exact) mass is 290 g/mol. The second kappa shape index (κ2) is 7.57. The van der Waals surface area contributed by atoms with Gasteiger partial charge in [0.2, 0.25) is 0 Å². The summed E-state index contributed by atoms with van der Waals surface area (Å²) in [6, 6.07) is 10.3. The number of piperidine rings is 1. The number of benzene rings is 1. The molecule has 0 N–H and O–H groups in total. The minimum Gasteiger partial charge on any atom is -0.465 e. The van der Waals surface area contributed by atoms with Crippen LogP contribution in [0.5, 0.6) is 0 Å². The van der Waals surface area contributed by atoms with E-state index in [0.29, 0.717) is 12.6 Å². The van der Waals surface area contributed by atoms with Crippen LogP contribution in [0.2, 0.25) is 0 Å². The maximum atomic E-state index is 12.4. The fourth-order valence-corrected chi connectivity index (χ4v) is 3.01. The lowest BCUT2D eigenvalue weighted by atomic mass is 9.98. The van der Waals surface area contributed by atoms with E-state index in [1.807, 2.05) is 37.3 Å². The smallest absolute Gasteiger partial charge is 0.327 e. The molecule has 1 fully saturated rings. The molecule has 1 heterocycles. The van der Waals surface area contributed by atoms with E-state index in [1.165, 1.54) is 0 Å². The molecule has 116 valence electrons. The zero-order chi connectivity index (χ0) is 15.2. The van der Waals surface area contributed by atoms with E-state index in [-0.39, 0.29) is 12.0 Å². The topological polar surface area (TPSA) is 32.8 Å². The Balaban J connectivity index is 2.12. The number of carbonyl (C=O) groups is 1. The van der Waals surface area contributed by atoms with Crippen molar-refractivity contribution in [3.8, 4) is 0 Å². The summed E-state index contributed by atoms with van der Waals surface area (Å²) in [5, 5.41) is 0. The summed E-state index contributed by atoms with van der Waals surface area (Å²) in [4.78, 5) is 16.9. The molecule has 0 aromatic heterocycles. The van der Waals surface area contributed by atoms with Gasteiger partial charge in [0.05, 0.1) is 6.61 Å². The van der Waals surface area contributed by atoms with Gasteiger partial charge in [0, 0.05) is 19.1 Å². The first-order valence-electron chi connectivity index (χ1n) is 7.75. The first-order valence-corrected chi connectivity index (χ1v) is 7.75. The van der Waals surface area contributed by atoms with E-state index < -0.39 is 0 Å². The molecule has 0 bridgehead atoms. The van der Waals surface area contributed by atoms with Gasteiger partial charge < -0.3 is 9.64 Å². The van der Waals surface area contributed by atoms with Crippen LogP contribution in [0.1, 0.15) is 31.4 Å². The van der Waals surface area contributed by atoms with Gasteiger partial charge in [0.1, 0.15) is 6.04 Å². The normalized spacial score (nSPS) is 18.7. The van der Waals surface area contributed by atoms with Crippen LogP contribution in [0.15, 0.2) is 30.3 Å². The molecule has 0 radical (unpaired) electrons. The highest BCUT2D eigenvalue weighted by Crippen LogP contribution is 2.27. The van der Waals surface area contributed by atoms with Gasteiger partial charge in [-0.1, -0.05) is 30.3 Å². The molecule has 4 nitrogen and oxygen atoms in total. The summed E-state index contributed by atoms with van der Waals surface area (Å²) in [6.07, 6.45) is 2.19. The Labute approximate surface area is 127 Å². The van der Waals surface area contributed by atoms with E-state index in [9.17, 15) is 4.79 Å². The molecule has 2 rings (SSSR count). The largest absolute Gasteiger partial charge is 0.465 e. The van der Waals surface area contributed by atoms with Crippen molar-refractivity contribution < 1.29 is 9.53 Å². The summed E-state index contributed by atoms with van der Waals surface area (Å²) in [5.41, 5.74) is 1.03. The molecule has 1 saturated heterocycles. The number of likely N-dealkylation sites (tertiary alicyclic amines) is 1. The van der Waals surface area contributed by atoms with Gasteiger partial charge in [-0.25, -0.2) is 4.79 Å². The lowest BCUT2D eigenvalue weighted by Gasteiger charge is -2.38. The fourth-order valence-electron chi connectivity index (χ4n) is 3.01. The Hall–Kier alpha value is -1.39. The predicted octanol–water partition coefficient (Wildman–Crippen LogP) is 2.32. The molecule has 1 aliphatic heterocycles. The number of hydrogen-bond acceptors (Lipinski definition) is 4. The van der Waals surface area contributed by atoms with Crippen LogP contribution in [0.25, 0.3) is 0 Å². The van der Waals surface area contributed by atoms with Gasteiger partial charge in [0.25, 0.3) is 0 Å². The Morgan fingerprint density at radius 2 is 1.90 bits per heavy atom. The van der Waals surface area contributed by atoms with Crippen molar-refractivity contribution in [3.05, 3.63) is 35.9 Å². The number of nitrogens with zero attached hydrogens (tertiary/aromatic N) is 2. The number of ether oxygens (including phenoxy) is 1. The standard InChI is InChI=1S/C17H26N2O2/c1-4-21-17(20)16(14-8-6-5-7-9-14)19-12-10-15(11-13-19)18(2)3/h5-9,15-16H,4,10-13H2,1-3H3. The molecule has 0 spiro atoms.